The zero-order valence-electron chi connectivity index (χ0n) is 16.2. The number of thiazole rings is 1. The second-order valence-corrected chi connectivity index (χ2v) is 7.92. The molecule has 7 heteroatoms. The van der Waals surface area contributed by atoms with Crippen LogP contribution in [0.3, 0.4) is 0 Å². The highest BCUT2D eigenvalue weighted by atomic mass is 32.1. The minimum atomic E-state index is 0.658. The van der Waals surface area contributed by atoms with Gasteiger partial charge in [0.15, 0.2) is 0 Å². The highest BCUT2D eigenvalue weighted by Gasteiger charge is 2.19. The van der Waals surface area contributed by atoms with Gasteiger partial charge in [-0.25, -0.2) is 15.0 Å². The molecular weight excluding hydrogens is 372 g/mol. The Morgan fingerprint density at radius 3 is 2.71 bits per heavy atom. The van der Waals surface area contributed by atoms with Crippen LogP contribution in [0.2, 0.25) is 0 Å². The van der Waals surface area contributed by atoms with Gasteiger partial charge in [0, 0.05) is 61.0 Å². The monoisotopic (exact) mass is 396 g/mol. The Kier molecular flexibility index (Phi) is 5.83. The van der Waals surface area contributed by atoms with Gasteiger partial charge in [-0.15, -0.1) is 0 Å². The van der Waals surface area contributed by atoms with Gasteiger partial charge in [-0.3, -0.25) is 4.90 Å². The molecule has 146 valence electrons. The first-order valence-electron chi connectivity index (χ1n) is 9.56. The van der Waals surface area contributed by atoms with E-state index in [1.54, 1.807) is 18.4 Å². The summed E-state index contributed by atoms with van der Waals surface area (Å²) in [7, 11) is 1.65. The number of rotatable bonds is 7. The summed E-state index contributed by atoms with van der Waals surface area (Å²) in [6.45, 7) is 4.91. The van der Waals surface area contributed by atoms with Crippen molar-refractivity contribution < 1.29 is 9.47 Å². The molecule has 0 spiro atoms. The van der Waals surface area contributed by atoms with Gasteiger partial charge in [0.05, 0.1) is 7.11 Å². The number of fused-ring (bicyclic) bond motifs is 1. The van der Waals surface area contributed by atoms with Gasteiger partial charge in [0.1, 0.15) is 17.3 Å². The first-order chi connectivity index (χ1) is 13.7. The van der Waals surface area contributed by atoms with Crippen LogP contribution in [0.5, 0.6) is 16.7 Å². The zero-order chi connectivity index (χ0) is 19.3. The Morgan fingerprint density at radius 1 is 1.11 bits per heavy atom. The lowest BCUT2D eigenvalue weighted by atomic mass is 10.1. The third kappa shape index (κ3) is 4.48. The van der Waals surface area contributed by atoms with Gasteiger partial charge in [-0.2, -0.15) is 0 Å². The molecule has 2 aromatic heterocycles. The summed E-state index contributed by atoms with van der Waals surface area (Å²) in [6.07, 6.45) is 6.92. The second kappa shape index (κ2) is 8.67. The van der Waals surface area contributed by atoms with Crippen LogP contribution in [0.1, 0.15) is 35.3 Å². The molecule has 0 saturated heterocycles. The van der Waals surface area contributed by atoms with Crippen LogP contribution >= 0.6 is 11.3 Å². The summed E-state index contributed by atoms with van der Waals surface area (Å²) >= 11 is 1.58. The lowest BCUT2D eigenvalue weighted by Gasteiger charge is -2.27. The smallest absolute Gasteiger partial charge is 0.278 e. The number of nitrogens with zero attached hydrogens (tertiary/aromatic N) is 4. The van der Waals surface area contributed by atoms with E-state index in [9.17, 15) is 0 Å². The van der Waals surface area contributed by atoms with Gasteiger partial charge in [0.2, 0.25) is 0 Å². The number of aryl methyl sites for hydroxylation is 1. The van der Waals surface area contributed by atoms with Crippen molar-refractivity contribution >= 4 is 11.3 Å². The number of benzene rings is 1. The van der Waals surface area contributed by atoms with Crippen LogP contribution in [0.25, 0.3) is 0 Å². The summed E-state index contributed by atoms with van der Waals surface area (Å²) in [5.41, 5.74) is 2.45. The molecule has 0 N–H and O–H groups in total. The predicted molar refractivity (Wildman–Crippen MR) is 109 cm³/mol. The molecule has 0 amide bonds. The second-order valence-electron chi connectivity index (χ2n) is 6.84. The molecular formula is C21H24N4O2S. The van der Waals surface area contributed by atoms with Crippen molar-refractivity contribution in [2.75, 3.05) is 13.7 Å². The minimum Gasteiger partial charge on any atom is -0.497 e. The van der Waals surface area contributed by atoms with Gasteiger partial charge < -0.3 is 9.47 Å². The third-order valence-corrected chi connectivity index (χ3v) is 5.57. The third-order valence-electron chi connectivity index (χ3n) is 4.71. The average Bonchev–Trinajstić information content (AvgIpc) is 3.15. The number of ether oxygens (including phenoxy) is 2. The van der Waals surface area contributed by atoms with E-state index in [4.69, 9.17) is 14.5 Å². The minimum absolute atomic E-state index is 0.658. The Bertz CT molecular complexity index is 926. The van der Waals surface area contributed by atoms with E-state index >= 15 is 0 Å². The van der Waals surface area contributed by atoms with Crippen molar-refractivity contribution in [2.45, 2.75) is 39.3 Å². The molecule has 1 aromatic carbocycles. The Hall–Kier alpha value is -2.51. The topological polar surface area (TPSA) is 60.4 Å². The molecule has 0 aliphatic carbocycles. The highest BCUT2D eigenvalue weighted by Crippen LogP contribution is 2.29. The van der Waals surface area contributed by atoms with E-state index in [2.05, 4.69) is 21.8 Å². The molecule has 1 aliphatic heterocycles. The summed E-state index contributed by atoms with van der Waals surface area (Å²) in [5.74, 6) is 2.54. The Labute approximate surface area is 169 Å². The fourth-order valence-corrected chi connectivity index (χ4v) is 4.09. The molecule has 0 fully saturated rings. The van der Waals surface area contributed by atoms with Crippen LogP contribution in [-0.2, 0) is 25.9 Å². The van der Waals surface area contributed by atoms with Crippen molar-refractivity contribution in [2.24, 2.45) is 0 Å². The van der Waals surface area contributed by atoms with Crippen molar-refractivity contribution in [1.29, 1.82) is 0 Å². The maximum atomic E-state index is 5.85. The van der Waals surface area contributed by atoms with Gasteiger partial charge in [-0.1, -0.05) is 18.3 Å². The molecule has 0 unspecified atom stereocenters. The summed E-state index contributed by atoms with van der Waals surface area (Å²) in [4.78, 5) is 17.3. The first-order valence-corrected chi connectivity index (χ1v) is 10.4. The van der Waals surface area contributed by atoms with Crippen molar-refractivity contribution in [1.82, 2.24) is 19.9 Å². The fourth-order valence-electron chi connectivity index (χ4n) is 3.27. The highest BCUT2D eigenvalue weighted by molar-refractivity contribution is 7.13. The number of aromatic nitrogens is 3. The van der Waals surface area contributed by atoms with Crippen molar-refractivity contribution in [3.05, 3.63) is 58.6 Å². The number of methoxy groups -OCH3 is 1. The molecule has 1 aliphatic rings. The molecule has 0 saturated carbocycles. The van der Waals surface area contributed by atoms with E-state index < -0.39 is 0 Å². The SMILES string of the molecule is CCCc1ncc2c(n1)CCN(Cc1cnc(Oc3ccc(OC)cc3)s1)C2. The summed E-state index contributed by atoms with van der Waals surface area (Å²) in [6, 6.07) is 7.52. The van der Waals surface area contributed by atoms with Crippen LogP contribution in [0, 0.1) is 0 Å². The van der Waals surface area contributed by atoms with E-state index in [-0.39, 0.29) is 0 Å². The average molecular weight is 397 g/mol. The molecule has 4 rings (SSSR count). The molecule has 6 nitrogen and oxygen atoms in total. The maximum Gasteiger partial charge on any atom is 0.278 e. The fraction of sp³-hybridized carbons (Fsp3) is 0.381. The Morgan fingerprint density at radius 2 is 1.93 bits per heavy atom. The first kappa shape index (κ1) is 18.8. The molecule has 3 heterocycles. The van der Waals surface area contributed by atoms with Crippen molar-refractivity contribution in [3.63, 3.8) is 0 Å². The van der Waals surface area contributed by atoms with Gasteiger partial charge in [0.25, 0.3) is 5.19 Å². The van der Waals surface area contributed by atoms with Crippen molar-refractivity contribution in [3.8, 4) is 16.7 Å². The summed E-state index contributed by atoms with van der Waals surface area (Å²) in [5, 5.41) is 0.658. The maximum absolute atomic E-state index is 5.85. The molecule has 3 aromatic rings. The lowest BCUT2D eigenvalue weighted by Crippen LogP contribution is -2.30. The van der Waals surface area contributed by atoms with Crippen LogP contribution in [0.15, 0.2) is 36.7 Å². The Balaban J connectivity index is 1.36. The van der Waals surface area contributed by atoms with E-state index in [1.807, 2.05) is 36.7 Å². The van der Waals surface area contributed by atoms with Crippen LogP contribution in [-0.4, -0.2) is 33.5 Å². The number of hydrogen-bond donors (Lipinski definition) is 0. The molecule has 0 bridgehead atoms. The van der Waals surface area contributed by atoms with Crippen LogP contribution in [0.4, 0.5) is 0 Å². The number of hydrogen-bond acceptors (Lipinski definition) is 7. The van der Waals surface area contributed by atoms with E-state index in [1.165, 1.54) is 16.1 Å². The van der Waals surface area contributed by atoms with E-state index in [0.29, 0.717) is 5.19 Å². The van der Waals surface area contributed by atoms with Gasteiger partial charge >= 0.3 is 0 Å². The molecule has 0 atom stereocenters. The molecule has 0 radical (unpaired) electrons. The standard InChI is InChI=1S/C21H24N4O2S/c1-3-4-20-22-11-15-13-25(10-9-19(15)24-20)14-18-12-23-21(28-18)27-17-7-5-16(26-2)6-8-17/h5-8,11-12H,3-4,9-10,13-14H2,1-2H3. The quantitative estimate of drug-likeness (QED) is 0.595. The van der Waals surface area contributed by atoms with Gasteiger partial charge in [-0.05, 0) is 30.7 Å². The predicted octanol–water partition coefficient (Wildman–Crippen LogP) is 4.24. The lowest BCUT2D eigenvalue weighted by molar-refractivity contribution is 0.244. The molecule has 28 heavy (non-hydrogen) atoms. The largest absolute Gasteiger partial charge is 0.497 e. The zero-order valence-corrected chi connectivity index (χ0v) is 17.0. The van der Waals surface area contributed by atoms with E-state index in [0.717, 1.165) is 56.2 Å². The summed E-state index contributed by atoms with van der Waals surface area (Å²) < 4.78 is 11.0. The normalized spacial score (nSPS) is 13.9. The van der Waals surface area contributed by atoms with Crippen LogP contribution < -0.4 is 9.47 Å².